The van der Waals surface area contributed by atoms with Crippen LogP contribution in [0.3, 0.4) is 0 Å². The van der Waals surface area contributed by atoms with Gasteiger partial charge in [0.1, 0.15) is 5.75 Å². The van der Waals surface area contributed by atoms with Crippen LogP contribution in [-0.2, 0) is 25.6 Å². The number of aliphatic hydroxyl groups is 1. The number of hydrogen-bond donors (Lipinski definition) is 4. The van der Waals surface area contributed by atoms with Crippen molar-refractivity contribution in [3.63, 3.8) is 0 Å². The largest absolute Gasteiger partial charge is 0.505 e. The molecule has 1 aromatic carbocycles. The molecule has 38 heavy (non-hydrogen) atoms. The molecule has 1 amide bonds. The van der Waals surface area contributed by atoms with Gasteiger partial charge in [-0.1, -0.05) is 26.8 Å². The van der Waals surface area contributed by atoms with Gasteiger partial charge in [-0.3, -0.25) is 24.0 Å². The molecular weight excluding hydrogens is 488 g/mol. The van der Waals surface area contributed by atoms with Crippen molar-refractivity contribution in [3.05, 3.63) is 23.3 Å². The van der Waals surface area contributed by atoms with Gasteiger partial charge < -0.3 is 21.3 Å². The Morgan fingerprint density at radius 3 is 2.34 bits per heavy atom. The van der Waals surface area contributed by atoms with Gasteiger partial charge in [0.25, 0.3) is 0 Å². The number of hydrogen-bond acceptors (Lipinski definition) is 8. The van der Waals surface area contributed by atoms with E-state index < -0.39 is 64.2 Å². The first-order valence-corrected chi connectivity index (χ1v) is 13.7. The van der Waals surface area contributed by atoms with Crippen molar-refractivity contribution in [1.82, 2.24) is 0 Å². The second kappa shape index (κ2) is 9.29. The van der Waals surface area contributed by atoms with Crippen molar-refractivity contribution < 1.29 is 34.2 Å². The molecule has 4 aliphatic rings. The van der Waals surface area contributed by atoms with Crippen LogP contribution >= 0.6 is 0 Å². The van der Waals surface area contributed by atoms with Crippen molar-refractivity contribution >= 4 is 34.7 Å². The summed E-state index contributed by atoms with van der Waals surface area (Å²) in [5.74, 6) is -10.5. The van der Waals surface area contributed by atoms with E-state index in [-0.39, 0.29) is 36.1 Å². The number of nitrogens with one attached hydrogen (secondary N) is 1. The van der Waals surface area contributed by atoms with Gasteiger partial charge in [-0.05, 0) is 67.9 Å². The topological polar surface area (TPSA) is 164 Å². The van der Waals surface area contributed by atoms with Gasteiger partial charge in [0, 0.05) is 17.9 Å². The lowest BCUT2D eigenvalue weighted by Gasteiger charge is -2.52. The number of phenolic OH excluding ortho intramolecular Hbond substituents is 1. The highest BCUT2D eigenvalue weighted by atomic mass is 16.3. The number of rotatable bonds is 4. The molecule has 204 valence electrons. The Labute approximate surface area is 221 Å². The third kappa shape index (κ3) is 3.81. The smallest absolute Gasteiger partial charge is 0.235 e. The molecule has 5 N–H and O–H groups in total. The number of primary amides is 1. The quantitative estimate of drug-likeness (QED) is 0.344. The number of anilines is 1. The molecule has 2 unspecified atom stereocenters. The van der Waals surface area contributed by atoms with Crippen LogP contribution in [-0.4, -0.2) is 50.9 Å². The third-order valence-corrected chi connectivity index (χ3v) is 9.56. The number of Topliss-reactive ketones (excluding diaryl/α,β-unsaturated/α-hetero) is 4. The maximum absolute atomic E-state index is 13.9. The molecule has 0 bridgehead atoms. The van der Waals surface area contributed by atoms with Gasteiger partial charge in [-0.15, -0.1) is 0 Å². The summed E-state index contributed by atoms with van der Waals surface area (Å²) in [5.41, 5.74) is 3.75. The number of phenols is 1. The van der Waals surface area contributed by atoms with E-state index in [9.17, 15) is 34.2 Å². The molecule has 9 nitrogen and oxygen atoms in total. The van der Waals surface area contributed by atoms with E-state index in [0.717, 1.165) is 25.7 Å². The molecule has 3 fully saturated rings. The minimum absolute atomic E-state index is 0.0297. The standard InChI is InChI=1S/C29H36N2O7/c1-12(2)19-17-11-15-10-14-6-9-18(31-16-7-4-13(3)5-8-16)23(32)20(14)25(34)21(15)26(35)29(17,38)27(36)22(24(19)33)28(30)37/h6,9,12-13,15-17,19,21-22,31-32,38H,4-5,7-8,10-11H2,1-3H3,(H2,30,37)/t13?,15-,16?,17-,19-,21?,22?,29-/m0/s1. The SMILES string of the molecule is CC1CCC(Nc2ccc3c(c2O)C(=O)C2C(=O)[C@]4(O)C(=O)C(C(N)=O)C(=O)[C@@H](C(C)C)[C@@H]4C[C@@H]2C3)CC1. The van der Waals surface area contributed by atoms with Gasteiger partial charge in [-0.25, -0.2) is 0 Å². The van der Waals surface area contributed by atoms with E-state index in [2.05, 4.69) is 12.2 Å². The maximum Gasteiger partial charge on any atom is 0.235 e. The first-order valence-electron chi connectivity index (χ1n) is 13.7. The van der Waals surface area contributed by atoms with Crippen LogP contribution in [0.15, 0.2) is 12.1 Å². The van der Waals surface area contributed by atoms with Gasteiger partial charge in [0.05, 0.1) is 17.2 Å². The number of amides is 1. The van der Waals surface area contributed by atoms with Gasteiger partial charge >= 0.3 is 0 Å². The summed E-state index contributed by atoms with van der Waals surface area (Å²) in [6.45, 7) is 5.67. The molecule has 0 radical (unpaired) electrons. The van der Waals surface area contributed by atoms with Crippen molar-refractivity contribution in [1.29, 1.82) is 0 Å². The predicted molar refractivity (Wildman–Crippen MR) is 137 cm³/mol. The highest BCUT2D eigenvalue weighted by Gasteiger charge is 2.69. The highest BCUT2D eigenvalue weighted by molar-refractivity contribution is 6.32. The van der Waals surface area contributed by atoms with Crippen molar-refractivity contribution in [2.45, 2.75) is 70.9 Å². The van der Waals surface area contributed by atoms with Gasteiger partial charge in [0.2, 0.25) is 5.91 Å². The highest BCUT2D eigenvalue weighted by Crippen LogP contribution is 2.53. The predicted octanol–water partition coefficient (Wildman–Crippen LogP) is 2.20. The maximum atomic E-state index is 13.9. The van der Waals surface area contributed by atoms with Crippen LogP contribution in [0.4, 0.5) is 5.69 Å². The van der Waals surface area contributed by atoms with E-state index in [4.69, 9.17) is 5.73 Å². The van der Waals surface area contributed by atoms with E-state index in [0.29, 0.717) is 17.2 Å². The Kier molecular flexibility index (Phi) is 6.49. The Balaban J connectivity index is 1.52. The second-order valence-electron chi connectivity index (χ2n) is 12.2. The lowest BCUT2D eigenvalue weighted by atomic mass is 9.50. The number of nitrogens with two attached hydrogens (primary N) is 1. The van der Waals surface area contributed by atoms with Crippen LogP contribution in [0.2, 0.25) is 0 Å². The Hall–Kier alpha value is -3.07. The number of aromatic hydroxyl groups is 1. The fourth-order valence-electron chi connectivity index (χ4n) is 7.57. The zero-order valence-corrected chi connectivity index (χ0v) is 22.0. The minimum atomic E-state index is -2.67. The number of carbonyl (C=O) groups excluding carboxylic acids is 5. The summed E-state index contributed by atoms with van der Waals surface area (Å²) in [7, 11) is 0. The number of benzene rings is 1. The third-order valence-electron chi connectivity index (χ3n) is 9.56. The van der Waals surface area contributed by atoms with E-state index in [1.54, 1.807) is 26.0 Å². The van der Waals surface area contributed by atoms with Crippen LogP contribution in [0.5, 0.6) is 5.75 Å². The van der Waals surface area contributed by atoms with Crippen LogP contribution < -0.4 is 11.1 Å². The molecule has 5 rings (SSSR count). The monoisotopic (exact) mass is 524 g/mol. The zero-order chi connectivity index (χ0) is 27.7. The van der Waals surface area contributed by atoms with Gasteiger partial charge in [-0.2, -0.15) is 0 Å². The van der Waals surface area contributed by atoms with Crippen molar-refractivity contribution in [3.8, 4) is 5.75 Å². The van der Waals surface area contributed by atoms with E-state index >= 15 is 0 Å². The molecule has 3 saturated carbocycles. The van der Waals surface area contributed by atoms with Crippen molar-refractivity contribution in [2.24, 2.45) is 47.2 Å². The summed E-state index contributed by atoms with van der Waals surface area (Å²) in [6, 6.07) is 3.70. The molecule has 9 heteroatoms. The molecular formula is C29H36N2O7. The Morgan fingerprint density at radius 1 is 1.08 bits per heavy atom. The van der Waals surface area contributed by atoms with Crippen LogP contribution in [0.25, 0.3) is 0 Å². The van der Waals surface area contributed by atoms with Crippen LogP contribution in [0.1, 0.15) is 68.8 Å². The molecule has 0 heterocycles. The average molecular weight is 525 g/mol. The first-order chi connectivity index (χ1) is 17.9. The van der Waals surface area contributed by atoms with Gasteiger partial charge in [0.15, 0.2) is 34.7 Å². The molecule has 0 aromatic heterocycles. The lowest BCUT2D eigenvalue weighted by Crippen LogP contribution is -2.71. The number of fused-ring (bicyclic) bond motifs is 3. The molecule has 6 atom stereocenters. The second-order valence-corrected chi connectivity index (χ2v) is 12.2. The Bertz CT molecular complexity index is 1230. The lowest BCUT2D eigenvalue weighted by molar-refractivity contribution is -0.182. The molecule has 0 saturated heterocycles. The molecule has 4 aliphatic carbocycles. The average Bonchev–Trinajstić information content (AvgIpc) is 2.84. The fraction of sp³-hybridized carbons (Fsp3) is 0.621. The normalized spacial score (nSPS) is 36.9. The summed E-state index contributed by atoms with van der Waals surface area (Å²) in [4.78, 5) is 66.3. The fourth-order valence-corrected chi connectivity index (χ4v) is 7.57. The molecule has 0 spiro atoms. The minimum Gasteiger partial charge on any atom is -0.505 e. The van der Waals surface area contributed by atoms with Crippen molar-refractivity contribution in [2.75, 3.05) is 5.32 Å². The summed E-state index contributed by atoms with van der Waals surface area (Å²) >= 11 is 0. The van der Waals surface area contributed by atoms with E-state index in [1.807, 2.05) is 0 Å². The van der Waals surface area contributed by atoms with E-state index in [1.165, 1.54) is 0 Å². The first kappa shape index (κ1) is 26.5. The molecule has 1 aromatic rings. The zero-order valence-electron chi connectivity index (χ0n) is 22.0. The number of ketones is 4. The summed E-state index contributed by atoms with van der Waals surface area (Å²) < 4.78 is 0. The van der Waals surface area contributed by atoms with Crippen LogP contribution in [0, 0.1) is 41.4 Å². The summed E-state index contributed by atoms with van der Waals surface area (Å²) in [6.07, 6.45) is 4.40. The number of carbonyl (C=O) groups is 5. The Morgan fingerprint density at radius 2 is 1.74 bits per heavy atom. The molecule has 0 aliphatic heterocycles. The summed E-state index contributed by atoms with van der Waals surface area (Å²) in [5, 5.41) is 26.2.